The molecule has 0 aromatic heterocycles. The quantitative estimate of drug-likeness (QED) is 0.803. The Kier molecular flexibility index (Phi) is 4.92. The molecule has 1 aliphatic rings. The minimum absolute atomic E-state index is 0.156. The van der Waals surface area contributed by atoms with Crippen LogP contribution >= 0.6 is 23.4 Å². The minimum atomic E-state index is -0.372. The highest BCUT2D eigenvalue weighted by molar-refractivity contribution is 8.19. The number of rotatable bonds is 3. The van der Waals surface area contributed by atoms with Crippen LogP contribution in [0.15, 0.2) is 53.4 Å². The van der Waals surface area contributed by atoms with E-state index in [-0.39, 0.29) is 17.1 Å². The second-order valence-electron chi connectivity index (χ2n) is 5.30. The van der Waals surface area contributed by atoms with Gasteiger partial charge in [0.2, 0.25) is 5.91 Å². The molecule has 7 heteroatoms. The van der Waals surface area contributed by atoms with Crippen LogP contribution in [0.2, 0.25) is 5.02 Å². The highest BCUT2D eigenvalue weighted by Gasteiger charge is 2.36. The summed E-state index contributed by atoms with van der Waals surface area (Å²) >= 11 is 6.73. The summed E-state index contributed by atoms with van der Waals surface area (Å²) in [5, 5.41) is 2.85. The van der Waals surface area contributed by atoms with Gasteiger partial charge in [0.25, 0.3) is 11.1 Å². The molecular formula is C18H13ClN2O3S. The third-order valence-corrected chi connectivity index (χ3v) is 4.53. The Morgan fingerprint density at radius 3 is 2.32 bits per heavy atom. The molecule has 2 aromatic carbocycles. The van der Waals surface area contributed by atoms with Crippen LogP contribution in [0.1, 0.15) is 12.5 Å². The average Bonchev–Trinajstić information content (AvgIpc) is 2.84. The van der Waals surface area contributed by atoms with Gasteiger partial charge in [-0.2, -0.15) is 0 Å². The van der Waals surface area contributed by atoms with Crippen molar-refractivity contribution in [3.63, 3.8) is 0 Å². The van der Waals surface area contributed by atoms with Crippen molar-refractivity contribution in [1.82, 2.24) is 0 Å². The number of imide groups is 1. The van der Waals surface area contributed by atoms with E-state index in [9.17, 15) is 14.4 Å². The third-order valence-electron chi connectivity index (χ3n) is 3.41. The van der Waals surface area contributed by atoms with Gasteiger partial charge in [-0.05, 0) is 59.8 Å². The molecule has 1 N–H and O–H groups in total. The topological polar surface area (TPSA) is 66.5 Å². The Morgan fingerprint density at radius 2 is 1.72 bits per heavy atom. The Labute approximate surface area is 153 Å². The number of halogens is 1. The molecule has 2 aromatic rings. The van der Waals surface area contributed by atoms with Crippen LogP contribution in [-0.2, 0) is 9.59 Å². The largest absolute Gasteiger partial charge is 0.326 e. The summed E-state index contributed by atoms with van der Waals surface area (Å²) in [6.07, 6.45) is 1.65. The zero-order valence-corrected chi connectivity index (χ0v) is 14.7. The molecule has 25 heavy (non-hydrogen) atoms. The van der Waals surface area contributed by atoms with E-state index in [1.807, 2.05) is 0 Å². The van der Waals surface area contributed by atoms with Crippen LogP contribution in [0.3, 0.4) is 0 Å². The summed E-state index contributed by atoms with van der Waals surface area (Å²) in [6, 6.07) is 13.5. The SMILES string of the molecule is CC(=O)Nc1ccc(/C=C2/SC(=O)N(c3ccc(Cl)cc3)C2=O)cc1. The molecule has 1 aliphatic heterocycles. The van der Waals surface area contributed by atoms with Gasteiger partial charge >= 0.3 is 0 Å². The maximum absolute atomic E-state index is 12.5. The maximum atomic E-state index is 12.5. The van der Waals surface area contributed by atoms with Crippen LogP contribution in [0, 0.1) is 0 Å². The van der Waals surface area contributed by atoms with Crippen molar-refractivity contribution in [3.8, 4) is 0 Å². The van der Waals surface area contributed by atoms with Gasteiger partial charge in [-0.1, -0.05) is 23.7 Å². The van der Waals surface area contributed by atoms with Crippen molar-refractivity contribution < 1.29 is 14.4 Å². The third kappa shape index (κ3) is 3.92. The molecule has 1 heterocycles. The first-order valence-electron chi connectivity index (χ1n) is 7.35. The molecule has 1 saturated heterocycles. The van der Waals surface area contributed by atoms with Crippen LogP contribution < -0.4 is 10.2 Å². The van der Waals surface area contributed by atoms with E-state index >= 15 is 0 Å². The van der Waals surface area contributed by atoms with Crippen molar-refractivity contribution in [2.45, 2.75) is 6.92 Å². The molecule has 0 aliphatic carbocycles. The summed E-state index contributed by atoms with van der Waals surface area (Å²) in [4.78, 5) is 37.2. The number of hydrogen-bond acceptors (Lipinski definition) is 4. The molecular weight excluding hydrogens is 360 g/mol. The monoisotopic (exact) mass is 372 g/mol. The van der Waals surface area contributed by atoms with Gasteiger partial charge in [0.15, 0.2) is 0 Å². The maximum Gasteiger partial charge on any atom is 0.298 e. The minimum Gasteiger partial charge on any atom is -0.326 e. The fourth-order valence-corrected chi connectivity index (χ4v) is 3.27. The number of benzene rings is 2. The number of anilines is 2. The van der Waals surface area contributed by atoms with Crippen molar-refractivity contribution in [2.75, 3.05) is 10.2 Å². The summed E-state index contributed by atoms with van der Waals surface area (Å²) in [5.74, 6) is -0.528. The molecule has 126 valence electrons. The standard InChI is InChI=1S/C18H13ClN2O3S/c1-11(22)20-14-6-2-12(3-7-14)10-16-17(23)21(18(24)25-16)15-8-4-13(19)5-9-15/h2-10H,1H3,(H,20,22)/b16-10+. The average molecular weight is 373 g/mol. The van der Waals surface area contributed by atoms with Gasteiger partial charge in [0.05, 0.1) is 10.6 Å². The number of nitrogens with one attached hydrogen (secondary N) is 1. The number of carbonyl (C=O) groups excluding carboxylic acids is 3. The highest BCUT2D eigenvalue weighted by Crippen LogP contribution is 2.36. The van der Waals surface area contributed by atoms with Gasteiger partial charge in [-0.25, -0.2) is 4.90 Å². The van der Waals surface area contributed by atoms with Gasteiger partial charge < -0.3 is 5.32 Å². The zero-order valence-electron chi connectivity index (χ0n) is 13.2. The Hall–Kier alpha value is -2.57. The van der Waals surface area contributed by atoms with E-state index in [1.54, 1.807) is 54.6 Å². The van der Waals surface area contributed by atoms with E-state index in [0.29, 0.717) is 21.3 Å². The molecule has 0 spiro atoms. The molecule has 0 unspecified atom stereocenters. The second kappa shape index (κ2) is 7.13. The van der Waals surface area contributed by atoms with E-state index in [0.717, 1.165) is 22.2 Å². The van der Waals surface area contributed by atoms with Crippen molar-refractivity contribution in [3.05, 3.63) is 64.0 Å². The molecule has 0 atom stereocenters. The lowest BCUT2D eigenvalue weighted by Gasteiger charge is -2.12. The fourth-order valence-electron chi connectivity index (χ4n) is 2.30. The van der Waals surface area contributed by atoms with Gasteiger partial charge in [-0.3, -0.25) is 14.4 Å². The van der Waals surface area contributed by atoms with Gasteiger partial charge in [-0.15, -0.1) is 0 Å². The molecule has 0 saturated carbocycles. The van der Waals surface area contributed by atoms with E-state index in [1.165, 1.54) is 6.92 Å². The lowest BCUT2D eigenvalue weighted by molar-refractivity contribution is -0.114. The van der Waals surface area contributed by atoms with E-state index < -0.39 is 0 Å². The van der Waals surface area contributed by atoms with E-state index in [2.05, 4.69) is 5.32 Å². The van der Waals surface area contributed by atoms with Crippen LogP contribution in [0.25, 0.3) is 6.08 Å². The summed E-state index contributed by atoms with van der Waals surface area (Å²) in [6.45, 7) is 1.43. The fraction of sp³-hybridized carbons (Fsp3) is 0.0556. The Bertz CT molecular complexity index is 876. The molecule has 3 rings (SSSR count). The predicted molar refractivity (Wildman–Crippen MR) is 101 cm³/mol. The van der Waals surface area contributed by atoms with Gasteiger partial charge in [0.1, 0.15) is 0 Å². The summed E-state index contributed by atoms with van der Waals surface area (Å²) in [7, 11) is 0. The number of amides is 3. The second-order valence-corrected chi connectivity index (χ2v) is 6.73. The first-order valence-corrected chi connectivity index (χ1v) is 8.54. The number of hydrogen-bond donors (Lipinski definition) is 1. The molecule has 5 nitrogen and oxygen atoms in total. The number of thioether (sulfide) groups is 1. The number of carbonyl (C=O) groups is 3. The summed E-state index contributed by atoms with van der Waals surface area (Å²) < 4.78 is 0. The van der Waals surface area contributed by atoms with Crippen molar-refractivity contribution in [2.24, 2.45) is 0 Å². The molecule has 1 fully saturated rings. The molecule has 0 radical (unpaired) electrons. The smallest absolute Gasteiger partial charge is 0.298 e. The lowest BCUT2D eigenvalue weighted by Crippen LogP contribution is -2.27. The Balaban J connectivity index is 1.82. The van der Waals surface area contributed by atoms with Gasteiger partial charge in [0, 0.05) is 17.6 Å². The van der Waals surface area contributed by atoms with Crippen LogP contribution in [-0.4, -0.2) is 17.1 Å². The molecule has 3 amide bonds. The first kappa shape index (κ1) is 17.3. The lowest BCUT2D eigenvalue weighted by atomic mass is 10.2. The zero-order chi connectivity index (χ0) is 18.0. The molecule has 0 bridgehead atoms. The summed E-state index contributed by atoms with van der Waals surface area (Å²) in [5.41, 5.74) is 1.91. The normalized spacial score (nSPS) is 15.8. The Morgan fingerprint density at radius 1 is 1.08 bits per heavy atom. The first-order chi connectivity index (χ1) is 11.9. The predicted octanol–water partition coefficient (Wildman–Crippen LogP) is 4.54. The van der Waals surface area contributed by atoms with Crippen LogP contribution in [0.5, 0.6) is 0 Å². The number of nitrogens with zero attached hydrogens (tertiary/aromatic N) is 1. The van der Waals surface area contributed by atoms with Crippen LogP contribution in [0.4, 0.5) is 16.2 Å². The van der Waals surface area contributed by atoms with E-state index in [4.69, 9.17) is 11.6 Å². The van der Waals surface area contributed by atoms with Crippen molar-refractivity contribution >= 4 is 57.9 Å². The highest BCUT2D eigenvalue weighted by atomic mass is 35.5. The van der Waals surface area contributed by atoms with Crippen molar-refractivity contribution in [1.29, 1.82) is 0 Å².